The normalized spacial score (nSPS) is 12.2. The highest BCUT2D eigenvalue weighted by Crippen LogP contribution is 2.21. The summed E-state index contributed by atoms with van der Waals surface area (Å²) in [6.45, 7) is 4.31. The molecule has 0 radical (unpaired) electrons. The first kappa shape index (κ1) is 14.7. The fourth-order valence-corrected chi connectivity index (χ4v) is 2.09. The molecule has 1 unspecified atom stereocenters. The molecule has 1 atom stereocenters. The average Bonchev–Trinajstić information content (AvgIpc) is 2.43. The summed E-state index contributed by atoms with van der Waals surface area (Å²) >= 11 is 0. The minimum absolute atomic E-state index is 0.0969. The van der Waals surface area contributed by atoms with Crippen LogP contribution in [-0.4, -0.2) is 13.1 Å². The molecule has 0 saturated heterocycles. The summed E-state index contributed by atoms with van der Waals surface area (Å²) in [4.78, 5) is 11.1. The Morgan fingerprint density at radius 3 is 2.50 bits per heavy atom. The lowest BCUT2D eigenvalue weighted by molar-refractivity contribution is -0.140. The molecular weight excluding hydrogens is 226 g/mol. The second-order valence-electron chi connectivity index (χ2n) is 4.46. The number of aryl methyl sites for hydroxylation is 2. The quantitative estimate of drug-likeness (QED) is 0.789. The van der Waals surface area contributed by atoms with Gasteiger partial charge in [-0.05, 0) is 36.0 Å². The van der Waals surface area contributed by atoms with E-state index < -0.39 is 0 Å². The SMILES string of the molecule is CCc1ccc(C(N)CCC(=O)OC)cc1CC. The highest BCUT2D eigenvalue weighted by atomic mass is 16.5. The lowest BCUT2D eigenvalue weighted by atomic mass is 9.95. The zero-order valence-corrected chi connectivity index (χ0v) is 11.5. The first-order valence-corrected chi connectivity index (χ1v) is 6.56. The number of methoxy groups -OCH3 is 1. The number of carbonyl (C=O) groups excluding carboxylic acids is 1. The van der Waals surface area contributed by atoms with Gasteiger partial charge in [-0.25, -0.2) is 0 Å². The van der Waals surface area contributed by atoms with Crippen LogP contribution in [0.2, 0.25) is 0 Å². The second-order valence-corrected chi connectivity index (χ2v) is 4.46. The maximum atomic E-state index is 11.1. The highest BCUT2D eigenvalue weighted by Gasteiger charge is 2.11. The summed E-state index contributed by atoms with van der Waals surface area (Å²) in [5.74, 6) is -0.202. The number of benzene rings is 1. The minimum Gasteiger partial charge on any atom is -0.469 e. The number of esters is 1. The molecule has 0 spiro atoms. The van der Waals surface area contributed by atoms with Crippen LogP contribution in [0.5, 0.6) is 0 Å². The Balaban J connectivity index is 2.73. The molecule has 3 nitrogen and oxygen atoms in total. The van der Waals surface area contributed by atoms with Gasteiger partial charge < -0.3 is 10.5 Å². The number of nitrogens with two attached hydrogens (primary N) is 1. The second kappa shape index (κ2) is 7.17. The zero-order chi connectivity index (χ0) is 13.5. The van der Waals surface area contributed by atoms with Crippen molar-refractivity contribution in [2.45, 2.75) is 45.6 Å². The van der Waals surface area contributed by atoms with Crippen LogP contribution in [0.25, 0.3) is 0 Å². The Morgan fingerprint density at radius 2 is 1.94 bits per heavy atom. The number of hydrogen-bond donors (Lipinski definition) is 1. The molecule has 0 amide bonds. The maximum absolute atomic E-state index is 11.1. The molecule has 0 fully saturated rings. The van der Waals surface area contributed by atoms with Crippen molar-refractivity contribution in [3.8, 4) is 0 Å². The first-order valence-electron chi connectivity index (χ1n) is 6.56. The summed E-state index contributed by atoms with van der Waals surface area (Å²) in [5.41, 5.74) is 9.94. The topological polar surface area (TPSA) is 52.3 Å². The maximum Gasteiger partial charge on any atom is 0.305 e. The van der Waals surface area contributed by atoms with E-state index in [1.807, 2.05) is 0 Å². The fraction of sp³-hybridized carbons (Fsp3) is 0.533. The van der Waals surface area contributed by atoms with Crippen LogP contribution in [-0.2, 0) is 22.4 Å². The lowest BCUT2D eigenvalue weighted by Crippen LogP contribution is -2.13. The van der Waals surface area contributed by atoms with Crippen LogP contribution in [0.1, 0.15) is 49.4 Å². The molecule has 0 saturated carbocycles. The molecule has 0 aromatic heterocycles. The van der Waals surface area contributed by atoms with E-state index in [1.165, 1.54) is 18.2 Å². The molecule has 0 aliphatic rings. The van der Waals surface area contributed by atoms with Crippen LogP contribution in [0.15, 0.2) is 18.2 Å². The van der Waals surface area contributed by atoms with Gasteiger partial charge in [-0.1, -0.05) is 32.0 Å². The predicted octanol–water partition coefficient (Wildman–Crippen LogP) is 2.76. The highest BCUT2D eigenvalue weighted by molar-refractivity contribution is 5.69. The van der Waals surface area contributed by atoms with Crippen molar-refractivity contribution in [2.24, 2.45) is 5.73 Å². The fourth-order valence-electron chi connectivity index (χ4n) is 2.09. The molecule has 0 bridgehead atoms. The molecule has 1 rings (SSSR count). The number of carbonyl (C=O) groups is 1. The number of rotatable bonds is 6. The molecule has 0 heterocycles. The molecule has 2 N–H and O–H groups in total. The van der Waals surface area contributed by atoms with Crippen molar-refractivity contribution < 1.29 is 9.53 Å². The van der Waals surface area contributed by atoms with Crippen LogP contribution < -0.4 is 5.73 Å². The van der Waals surface area contributed by atoms with Crippen LogP contribution in [0.4, 0.5) is 0 Å². The summed E-state index contributed by atoms with van der Waals surface area (Å²) in [6, 6.07) is 6.28. The van der Waals surface area contributed by atoms with E-state index >= 15 is 0 Å². The van der Waals surface area contributed by atoms with Crippen LogP contribution in [0.3, 0.4) is 0 Å². The Morgan fingerprint density at radius 1 is 1.28 bits per heavy atom. The molecule has 3 heteroatoms. The van der Waals surface area contributed by atoms with E-state index in [1.54, 1.807) is 0 Å². The third-order valence-electron chi connectivity index (χ3n) is 3.31. The smallest absolute Gasteiger partial charge is 0.305 e. The van der Waals surface area contributed by atoms with Gasteiger partial charge in [0.15, 0.2) is 0 Å². The molecule has 100 valence electrons. The molecule has 1 aromatic carbocycles. The first-order chi connectivity index (χ1) is 8.62. The summed E-state index contributed by atoms with van der Waals surface area (Å²) in [7, 11) is 1.40. The van der Waals surface area contributed by atoms with Crippen molar-refractivity contribution in [1.82, 2.24) is 0 Å². The Kier molecular flexibility index (Phi) is 5.86. The van der Waals surface area contributed by atoms with Crippen LogP contribution >= 0.6 is 0 Å². The van der Waals surface area contributed by atoms with E-state index in [9.17, 15) is 4.79 Å². The predicted molar refractivity (Wildman–Crippen MR) is 73.4 cm³/mol. The minimum atomic E-state index is -0.202. The molecule has 1 aromatic rings. The zero-order valence-electron chi connectivity index (χ0n) is 11.5. The monoisotopic (exact) mass is 249 g/mol. The molecular formula is C15H23NO2. The van der Waals surface area contributed by atoms with Gasteiger partial charge in [0.1, 0.15) is 0 Å². The number of hydrogen-bond acceptors (Lipinski definition) is 3. The largest absolute Gasteiger partial charge is 0.469 e. The Hall–Kier alpha value is -1.35. The van der Waals surface area contributed by atoms with Crippen molar-refractivity contribution in [1.29, 1.82) is 0 Å². The van der Waals surface area contributed by atoms with E-state index in [0.717, 1.165) is 18.4 Å². The van der Waals surface area contributed by atoms with Gasteiger partial charge in [0.25, 0.3) is 0 Å². The van der Waals surface area contributed by atoms with E-state index in [0.29, 0.717) is 12.8 Å². The molecule has 18 heavy (non-hydrogen) atoms. The van der Waals surface area contributed by atoms with Gasteiger partial charge in [-0.2, -0.15) is 0 Å². The molecule has 0 aliphatic heterocycles. The average molecular weight is 249 g/mol. The Labute approximate surface area is 109 Å². The third-order valence-corrected chi connectivity index (χ3v) is 3.31. The van der Waals surface area contributed by atoms with Gasteiger partial charge in [0.05, 0.1) is 7.11 Å². The van der Waals surface area contributed by atoms with Crippen molar-refractivity contribution in [3.05, 3.63) is 34.9 Å². The Bertz CT molecular complexity index is 401. The van der Waals surface area contributed by atoms with Gasteiger partial charge in [0.2, 0.25) is 0 Å². The van der Waals surface area contributed by atoms with Crippen LogP contribution in [0, 0.1) is 0 Å². The number of ether oxygens (including phenoxy) is 1. The van der Waals surface area contributed by atoms with E-state index in [2.05, 4.69) is 36.8 Å². The van der Waals surface area contributed by atoms with Crippen molar-refractivity contribution in [2.75, 3.05) is 7.11 Å². The van der Waals surface area contributed by atoms with Gasteiger partial charge in [0, 0.05) is 12.5 Å². The van der Waals surface area contributed by atoms with E-state index in [-0.39, 0.29) is 12.0 Å². The molecule has 0 aliphatic carbocycles. The third kappa shape index (κ3) is 3.84. The summed E-state index contributed by atoms with van der Waals surface area (Å²) in [6.07, 6.45) is 3.05. The summed E-state index contributed by atoms with van der Waals surface area (Å²) < 4.78 is 4.62. The van der Waals surface area contributed by atoms with Crippen molar-refractivity contribution in [3.63, 3.8) is 0 Å². The van der Waals surface area contributed by atoms with Gasteiger partial charge >= 0.3 is 5.97 Å². The standard InChI is InChI=1S/C15H23NO2/c1-4-11-6-7-13(10-12(11)5-2)14(16)8-9-15(17)18-3/h6-7,10,14H,4-5,8-9,16H2,1-3H3. The van der Waals surface area contributed by atoms with Crippen molar-refractivity contribution >= 4 is 5.97 Å². The summed E-state index contributed by atoms with van der Waals surface area (Å²) in [5, 5.41) is 0. The van der Waals surface area contributed by atoms with Gasteiger partial charge in [-0.3, -0.25) is 4.79 Å². The van der Waals surface area contributed by atoms with Gasteiger partial charge in [-0.15, -0.1) is 0 Å². The lowest BCUT2D eigenvalue weighted by Gasteiger charge is -2.14. The van der Waals surface area contributed by atoms with E-state index in [4.69, 9.17) is 5.73 Å².